The number of amides is 1. The number of aryl methyl sites for hydroxylation is 1. The quantitative estimate of drug-likeness (QED) is 0.383. The smallest absolute Gasteiger partial charge is 0.254 e. The second-order valence-electron chi connectivity index (χ2n) is 9.12. The Hall–Kier alpha value is -3.74. The number of anilines is 1. The summed E-state index contributed by atoms with van der Waals surface area (Å²) in [5.74, 6) is 1.05. The molecule has 0 radical (unpaired) electrons. The van der Waals surface area contributed by atoms with Crippen molar-refractivity contribution in [3.05, 3.63) is 77.9 Å². The van der Waals surface area contributed by atoms with Crippen molar-refractivity contribution in [3.8, 4) is 11.1 Å². The van der Waals surface area contributed by atoms with Gasteiger partial charge in [-0.05, 0) is 69.4 Å². The summed E-state index contributed by atoms with van der Waals surface area (Å²) in [6.45, 7) is 8.92. The number of fused-ring (bicyclic) bond motifs is 1. The average molecular weight is 469 g/mol. The minimum atomic E-state index is -0.0480. The van der Waals surface area contributed by atoms with Gasteiger partial charge in [0.15, 0.2) is 5.65 Å². The lowest BCUT2D eigenvalue weighted by atomic mass is 9.97. The lowest BCUT2D eigenvalue weighted by Gasteiger charge is -2.34. The number of likely N-dealkylation sites (tertiary alicyclic amines) is 1. The van der Waals surface area contributed by atoms with Crippen molar-refractivity contribution in [2.45, 2.75) is 46.1 Å². The van der Waals surface area contributed by atoms with Gasteiger partial charge in [0.2, 0.25) is 0 Å². The summed E-state index contributed by atoms with van der Waals surface area (Å²) in [6.07, 6.45) is 8.64. The third kappa shape index (κ3) is 4.50. The van der Waals surface area contributed by atoms with Gasteiger partial charge in [0, 0.05) is 55.4 Å². The van der Waals surface area contributed by atoms with Gasteiger partial charge in [-0.2, -0.15) is 5.10 Å². The zero-order chi connectivity index (χ0) is 24.4. The Labute approximate surface area is 206 Å². The second kappa shape index (κ2) is 9.86. The summed E-state index contributed by atoms with van der Waals surface area (Å²) >= 11 is 0. The summed E-state index contributed by atoms with van der Waals surface area (Å²) in [4.78, 5) is 26.9. The number of nitrogens with zero attached hydrogens (tertiary/aromatic N) is 6. The Bertz CT molecular complexity index is 1310. The van der Waals surface area contributed by atoms with Crippen molar-refractivity contribution in [2.75, 3.05) is 24.5 Å². The van der Waals surface area contributed by atoms with Crippen LogP contribution in [0.2, 0.25) is 0 Å². The number of hydrogen-bond acceptors (Lipinski definition) is 5. The molecule has 1 fully saturated rings. The van der Waals surface area contributed by atoms with Gasteiger partial charge in [-0.25, -0.2) is 9.50 Å². The first-order valence-electron chi connectivity index (χ1n) is 12.5. The van der Waals surface area contributed by atoms with Crippen molar-refractivity contribution < 1.29 is 4.79 Å². The fourth-order valence-corrected chi connectivity index (χ4v) is 5.01. The fourth-order valence-electron chi connectivity index (χ4n) is 5.01. The topological polar surface area (TPSA) is 66.6 Å². The van der Waals surface area contributed by atoms with Crippen LogP contribution in [0.15, 0.2) is 61.1 Å². The van der Waals surface area contributed by atoms with Gasteiger partial charge in [0.1, 0.15) is 5.82 Å². The molecule has 1 aliphatic heterocycles. The standard InChI is InChI=1S/C28H32N6O/c1-4-32(5-2)27-20(3)19-34-26(30-27)17-24(31-34)25-10-6-7-16-33(25)28(35)22-13-11-21(12-14-22)23-9-8-15-29-18-23/h8-9,11-15,17-19,25H,4-7,10,16H2,1-3H3/t25-/m0/s1. The van der Waals surface area contributed by atoms with Crippen LogP contribution in [0.1, 0.15) is 60.8 Å². The van der Waals surface area contributed by atoms with E-state index in [4.69, 9.17) is 10.1 Å². The Morgan fingerprint density at radius 1 is 1.09 bits per heavy atom. The lowest BCUT2D eigenvalue weighted by molar-refractivity contribution is 0.0605. The maximum absolute atomic E-state index is 13.6. The molecule has 0 saturated carbocycles. The second-order valence-corrected chi connectivity index (χ2v) is 9.12. The zero-order valence-electron chi connectivity index (χ0n) is 20.7. The maximum atomic E-state index is 13.6. The third-order valence-corrected chi connectivity index (χ3v) is 6.92. The molecule has 0 unspecified atom stereocenters. The molecule has 5 rings (SSSR count). The Kier molecular flexibility index (Phi) is 6.49. The first-order chi connectivity index (χ1) is 17.1. The molecule has 0 spiro atoms. The van der Waals surface area contributed by atoms with Crippen molar-refractivity contribution in [1.82, 2.24) is 24.5 Å². The van der Waals surface area contributed by atoms with Gasteiger partial charge in [-0.15, -0.1) is 0 Å². The van der Waals surface area contributed by atoms with Gasteiger partial charge in [0.25, 0.3) is 5.91 Å². The molecule has 1 amide bonds. The monoisotopic (exact) mass is 468 g/mol. The number of benzene rings is 1. The van der Waals surface area contributed by atoms with E-state index in [9.17, 15) is 4.79 Å². The minimum Gasteiger partial charge on any atom is -0.357 e. The van der Waals surface area contributed by atoms with Crippen LogP contribution in [0.3, 0.4) is 0 Å². The molecule has 35 heavy (non-hydrogen) atoms. The first-order valence-corrected chi connectivity index (χ1v) is 12.5. The van der Waals surface area contributed by atoms with Crippen molar-refractivity contribution in [1.29, 1.82) is 0 Å². The summed E-state index contributed by atoms with van der Waals surface area (Å²) in [5.41, 5.74) is 5.63. The predicted molar refractivity (Wildman–Crippen MR) is 139 cm³/mol. The van der Waals surface area contributed by atoms with Gasteiger partial charge < -0.3 is 9.80 Å². The third-order valence-electron chi connectivity index (χ3n) is 6.92. The zero-order valence-corrected chi connectivity index (χ0v) is 20.7. The summed E-state index contributed by atoms with van der Waals surface area (Å²) in [6, 6.07) is 13.8. The van der Waals surface area contributed by atoms with Gasteiger partial charge in [-0.1, -0.05) is 18.2 Å². The van der Waals surface area contributed by atoms with Crippen LogP contribution < -0.4 is 4.90 Å². The number of carbonyl (C=O) groups excluding carboxylic acids is 1. The molecule has 0 aliphatic carbocycles. The van der Waals surface area contributed by atoms with Gasteiger partial charge in [0.05, 0.1) is 11.7 Å². The van der Waals surface area contributed by atoms with E-state index >= 15 is 0 Å². The van der Waals surface area contributed by atoms with Crippen LogP contribution in [0.4, 0.5) is 5.82 Å². The molecule has 0 bridgehead atoms. The van der Waals surface area contributed by atoms with E-state index in [-0.39, 0.29) is 11.9 Å². The molecule has 4 aromatic rings. The Morgan fingerprint density at radius 3 is 2.60 bits per heavy atom. The summed E-state index contributed by atoms with van der Waals surface area (Å²) < 4.78 is 1.86. The average Bonchev–Trinajstić information content (AvgIpc) is 3.32. The van der Waals surface area contributed by atoms with Crippen molar-refractivity contribution in [2.24, 2.45) is 0 Å². The highest BCUT2D eigenvalue weighted by Gasteiger charge is 2.31. The van der Waals surface area contributed by atoms with E-state index in [1.54, 1.807) is 6.20 Å². The van der Waals surface area contributed by atoms with Crippen LogP contribution in [-0.4, -0.2) is 50.0 Å². The fraction of sp³-hybridized carbons (Fsp3) is 0.357. The number of piperidine rings is 1. The van der Waals surface area contributed by atoms with Gasteiger partial charge >= 0.3 is 0 Å². The van der Waals surface area contributed by atoms with Crippen LogP contribution >= 0.6 is 0 Å². The molecule has 1 atom stereocenters. The molecule has 1 saturated heterocycles. The van der Waals surface area contributed by atoms with Crippen molar-refractivity contribution >= 4 is 17.4 Å². The molecule has 7 nitrogen and oxygen atoms in total. The molecule has 4 heterocycles. The molecular formula is C28H32N6O. The molecule has 7 heteroatoms. The molecule has 3 aromatic heterocycles. The first kappa shape index (κ1) is 23.0. The number of rotatable bonds is 6. The van der Waals surface area contributed by atoms with E-state index < -0.39 is 0 Å². The van der Waals surface area contributed by atoms with Crippen LogP contribution in [-0.2, 0) is 0 Å². The molecule has 1 aromatic carbocycles. The Balaban J connectivity index is 1.43. The summed E-state index contributed by atoms with van der Waals surface area (Å²) in [5, 5.41) is 4.86. The maximum Gasteiger partial charge on any atom is 0.254 e. The highest BCUT2D eigenvalue weighted by atomic mass is 16.2. The number of pyridine rings is 1. The highest BCUT2D eigenvalue weighted by molar-refractivity contribution is 5.95. The molecule has 1 aliphatic rings. The van der Waals surface area contributed by atoms with Gasteiger partial charge in [-0.3, -0.25) is 9.78 Å². The normalized spacial score (nSPS) is 16.0. The van der Waals surface area contributed by atoms with Crippen LogP contribution in [0.25, 0.3) is 16.8 Å². The van der Waals surface area contributed by atoms with E-state index in [1.807, 2.05) is 64.3 Å². The van der Waals surface area contributed by atoms with Crippen LogP contribution in [0, 0.1) is 6.92 Å². The molecule has 180 valence electrons. The van der Waals surface area contributed by atoms with E-state index in [2.05, 4.69) is 30.7 Å². The van der Waals surface area contributed by atoms with Crippen molar-refractivity contribution in [3.63, 3.8) is 0 Å². The molecule has 0 N–H and O–H groups in total. The highest BCUT2D eigenvalue weighted by Crippen LogP contribution is 2.33. The number of aromatic nitrogens is 4. The van der Waals surface area contributed by atoms with E-state index in [1.165, 1.54) is 0 Å². The predicted octanol–water partition coefficient (Wildman–Crippen LogP) is 5.31. The Morgan fingerprint density at radius 2 is 1.89 bits per heavy atom. The van der Waals surface area contributed by atoms with E-state index in [0.29, 0.717) is 5.56 Å². The van der Waals surface area contributed by atoms with Crippen LogP contribution in [0.5, 0.6) is 0 Å². The number of carbonyl (C=O) groups is 1. The largest absolute Gasteiger partial charge is 0.357 e. The molecular weight excluding hydrogens is 436 g/mol. The summed E-state index contributed by atoms with van der Waals surface area (Å²) in [7, 11) is 0. The number of hydrogen-bond donors (Lipinski definition) is 0. The van der Waals surface area contributed by atoms with E-state index in [0.717, 1.165) is 72.7 Å². The SMILES string of the molecule is CCN(CC)c1nc2cc([C@@H]3CCCCN3C(=O)c3ccc(-c4cccnc4)cc3)nn2cc1C. The lowest BCUT2D eigenvalue weighted by Crippen LogP contribution is -2.38. The minimum absolute atomic E-state index is 0.0480.